The van der Waals surface area contributed by atoms with Crippen molar-refractivity contribution in [1.29, 1.82) is 0 Å². The molecule has 0 amide bonds. The third-order valence-corrected chi connectivity index (χ3v) is 3.50. The summed E-state index contributed by atoms with van der Waals surface area (Å²) in [6.07, 6.45) is 6.11. The lowest BCUT2D eigenvalue weighted by atomic mass is 9.99. The fraction of sp³-hybridized carbons (Fsp3) is 0.167. The number of hydrogen-bond donors (Lipinski definition) is 0. The molecule has 0 saturated carbocycles. The van der Waals surface area contributed by atoms with Crippen LogP contribution in [0.2, 0.25) is 0 Å². The Morgan fingerprint density at radius 2 is 1.75 bits per heavy atom. The van der Waals surface area contributed by atoms with E-state index in [0.29, 0.717) is 0 Å². The number of methoxy groups -OCH3 is 1. The van der Waals surface area contributed by atoms with E-state index < -0.39 is 0 Å². The average molecular weight is 263 g/mol. The Kier molecular flexibility index (Phi) is 3.64. The van der Waals surface area contributed by atoms with E-state index >= 15 is 0 Å². The first-order chi connectivity index (χ1) is 9.86. The van der Waals surface area contributed by atoms with Gasteiger partial charge in [0, 0.05) is 11.9 Å². The normalized spacial score (nSPS) is 13.9. The SMILES string of the molecule is COc1cccc(-c2ccc(C3=NC=CCC3)cc2)c1. The van der Waals surface area contributed by atoms with Crippen LogP contribution in [-0.4, -0.2) is 12.8 Å². The minimum absolute atomic E-state index is 0.883. The molecule has 1 heterocycles. The highest BCUT2D eigenvalue weighted by atomic mass is 16.5. The first-order valence-corrected chi connectivity index (χ1v) is 6.83. The third-order valence-electron chi connectivity index (χ3n) is 3.50. The van der Waals surface area contributed by atoms with Crippen LogP contribution in [0.3, 0.4) is 0 Å². The van der Waals surface area contributed by atoms with E-state index in [1.165, 1.54) is 22.4 Å². The lowest BCUT2D eigenvalue weighted by Gasteiger charge is -2.09. The molecular weight excluding hydrogens is 246 g/mol. The average Bonchev–Trinajstić information content (AvgIpc) is 2.56. The van der Waals surface area contributed by atoms with E-state index in [-0.39, 0.29) is 0 Å². The molecule has 0 atom stereocenters. The van der Waals surface area contributed by atoms with Crippen LogP contribution in [0, 0.1) is 0 Å². The summed E-state index contributed by atoms with van der Waals surface area (Å²) < 4.78 is 5.27. The molecule has 2 nitrogen and oxygen atoms in total. The summed E-state index contributed by atoms with van der Waals surface area (Å²) in [5, 5.41) is 0. The molecule has 1 aliphatic rings. The van der Waals surface area contributed by atoms with Gasteiger partial charge in [-0.1, -0.05) is 42.5 Å². The maximum absolute atomic E-state index is 5.27. The van der Waals surface area contributed by atoms with Gasteiger partial charge in [-0.3, -0.25) is 4.99 Å². The Morgan fingerprint density at radius 3 is 2.45 bits per heavy atom. The highest BCUT2D eigenvalue weighted by Crippen LogP contribution is 2.24. The van der Waals surface area contributed by atoms with Gasteiger partial charge in [-0.05, 0) is 41.7 Å². The van der Waals surface area contributed by atoms with Gasteiger partial charge in [-0.2, -0.15) is 0 Å². The summed E-state index contributed by atoms with van der Waals surface area (Å²) in [6.45, 7) is 0. The number of allylic oxidation sites excluding steroid dienone is 1. The van der Waals surface area contributed by atoms with E-state index in [1.54, 1.807) is 7.11 Å². The maximum atomic E-state index is 5.27. The standard InChI is InChI=1S/C18H17NO/c1-20-17-6-4-5-16(13-17)14-8-10-15(11-9-14)18-7-2-3-12-19-18/h3-6,8-13H,2,7H2,1H3. The van der Waals surface area contributed by atoms with Crippen molar-refractivity contribution in [3.05, 3.63) is 66.4 Å². The zero-order chi connectivity index (χ0) is 13.8. The van der Waals surface area contributed by atoms with E-state index in [4.69, 9.17) is 4.74 Å². The summed E-state index contributed by atoms with van der Waals surface area (Å²) in [7, 11) is 1.69. The van der Waals surface area contributed by atoms with Gasteiger partial charge in [-0.15, -0.1) is 0 Å². The zero-order valence-corrected chi connectivity index (χ0v) is 11.5. The number of rotatable bonds is 3. The molecule has 0 spiro atoms. The van der Waals surface area contributed by atoms with Gasteiger partial charge in [0.2, 0.25) is 0 Å². The maximum Gasteiger partial charge on any atom is 0.119 e. The van der Waals surface area contributed by atoms with Crippen LogP contribution in [0.15, 0.2) is 65.8 Å². The monoisotopic (exact) mass is 263 g/mol. The van der Waals surface area contributed by atoms with E-state index in [1.807, 2.05) is 18.3 Å². The smallest absolute Gasteiger partial charge is 0.119 e. The van der Waals surface area contributed by atoms with Gasteiger partial charge in [0.1, 0.15) is 5.75 Å². The van der Waals surface area contributed by atoms with Crippen molar-refractivity contribution in [3.8, 4) is 16.9 Å². The fourth-order valence-electron chi connectivity index (χ4n) is 2.38. The lowest BCUT2D eigenvalue weighted by molar-refractivity contribution is 0.415. The largest absolute Gasteiger partial charge is 0.497 e. The van der Waals surface area contributed by atoms with Crippen LogP contribution in [0.25, 0.3) is 11.1 Å². The Labute approximate surface area is 119 Å². The summed E-state index contributed by atoms with van der Waals surface area (Å²) in [4.78, 5) is 4.45. The molecule has 2 aromatic carbocycles. The van der Waals surface area contributed by atoms with Crippen LogP contribution in [0.1, 0.15) is 18.4 Å². The number of ether oxygens (including phenoxy) is 1. The quantitative estimate of drug-likeness (QED) is 0.801. The highest BCUT2D eigenvalue weighted by Gasteiger charge is 2.06. The van der Waals surface area contributed by atoms with Gasteiger partial charge in [0.25, 0.3) is 0 Å². The Bertz CT molecular complexity index is 653. The molecule has 3 rings (SSSR count). The van der Waals surface area contributed by atoms with Crippen LogP contribution in [0.5, 0.6) is 5.75 Å². The Balaban J connectivity index is 1.89. The number of benzene rings is 2. The van der Waals surface area contributed by atoms with Crippen LogP contribution in [-0.2, 0) is 0 Å². The number of aliphatic imine (C=N–C) groups is 1. The number of hydrogen-bond acceptors (Lipinski definition) is 2. The summed E-state index contributed by atoms with van der Waals surface area (Å²) >= 11 is 0. The first-order valence-electron chi connectivity index (χ1n) is 6.83. The van der Waals surface area contributed by atoms with Crippen LogP contribution in [0.4, 0.5) is 0 Å². The van der Waals surface area contributed by atoms with E-state index in [2.05, 4.69) is 47.5 Å². The minimum atomic E-state index is 0.883. The molecule has 0 N–H and O–H groups in total. The molecule has 0 aliphatic carbocycles. The highest BCUT2D eigenvalue weighted by molar-refractivity contribution is 6.01. The first kappa shape index (κ1) is 12.7. The third kappa shape index (κ3) is 2.64. The molecule has 20 heavy (non-hydrogen) atoms. The minimum Gasteiger partial charge on any atom is -0.497 e. The van der Waals surface area contributed by atoms with Crippen molar-refractivity contribution in [2.75, 3.05) is 7.11 Å². The van der Waals surface area contributed by atoms with Gasteiger partial charge in [-0.25, -0.2) is 0 Å². The molecule has 0 unspecified atom stereocenters. The molecule has 1 aliphatic heterocycles. The molecule has 100 valence electrons. The molecule has 2 aromatic rings. The second kappa shape index (κ2) is 5.74. The van der Waals surface area contributed by atoms with Crippen LogP contribution < -0.4 is 4.74 Å². The summed E-state index contributed by atoms with van der Waals surface area (Å²) in [5.74, 6) is 0.883. The molecule has 0 fully saturated rings. The van der Waals surface area contributed by atoms with E-state index in [9.17, 15) is 0 Å². The molecule has 0 aromatic heterocycles. The lowest BCUT2D eigenvalue weighted by Crippen LogP contribution is -2.02. The van der Waals surface area contributed by atoms with Crippen molar-refractivity contribution in [3.63, 3.8) is 0 Å². The summed E-state index contributed by atoms with van der Waals surface area (Å²) in [5.41, 5.74) is 4.74. The van der Waals surface area contributed by atoms with E-state index in [0.717, 1.165) is 18.6 Å². The molecule has 2 heteroatoms. The Hall–Kier alpha value is -2.35. The number of nitrogens with zero attached hydrogens (tertiary/aromatic N) is 1. The zero-order valence-electron chi connectivity index (χ0n) is 11.5. The second-order valence-electron chi connectivity index (χ2n) is 4.81. The molecule has 0 radical (unpaired) electrons. The van der Waals surface area contributed by atoms with Crippen molar-refractivity contribution < 1.29 is 4.74 Å². The Morgan fingerprint density at radius 1 is 0.950 bits per heavy atom. The van der Waals surface area contributed by atoms with Gasteiger partial charge >= 0.3 is 0 Å². The molecule has 0 bridgehead atoms. The topological polar surface area (TPSA) is 21.6 Å². The molecular formula is C18H17NO. The van der Waals surface area contributed by atoms with Gasteiger partial charge in [0.05, 0.1) is 7.11 Å². The second-order valence-corrected chi connectivity index (χ2v) is 4.81. The fourth-order valence-corrected chi connectivity index (χ4v) is 2.38. The van der Waals surface area contributed by atoms with Crippen molar-refractivity contribution in [2.45, 2.75) is 12.8 Å². The predicted molar refractivity (Wildman–Crippen MR) is 83.3 cm³/mol. The van der Waals surface area contributed by atoms with Gasteiger partial charge < -0.3 is 4.74 Å². The predicted octanol–water partition coefficient (Wildman–Crippen LogP) is 4.46. The van der Waals surface area contributed by atoms with Crippen LogP contribution >= 0.6 is 0 Å². The summed E-state index contributed by atoms with van der Waals surface area (Å²) in [6, 6.07) is 16.7. The molecule has 0 saturated heterocycles. The van der Waals surface area contributed by atoms with Crippen molar-refractivity contribution >= 4 is 5.71 Å². The van der Waals surface area contributed by atoms with Crippen molar-refractivity contribution in [2.24, 2.45) is 4.99 Å². The van der Waals surface area contributed by atoms with Crippen molar-refractivity contribution in [1.82, 2.24) is 0 Å². The van der Waals surface area contributed by atoms with Gasteiger partial charge in [0.15, 0.2) is 0 Å².